The van der Waals surface area contributed by atoms with Crippen LogP contribution in [0.5, 0.6) is 0 Å². The maximum atomic E-state index is 13.4. The van der Waals surface area contributed by atoms with Gasteiger partial charge in [0.1, 0.15) is 12.1 Å². The Morgan fingerprint density at radius 2 is 1.14 bits per heavy atom. The molecule has 1 saturated heterocycles. The highest BCUT2D eigenvalue weighted by molar-refractivity contribution is 5.90. The SMILES string of the molecule is CCCCCCCCCCCOC(=O)CCCCCN1CC(OCCNC(=O)c2ncc[nH]2)C[C@H]1C(=O)OCCCCCCCC(=O)OC(CCCCCCCC)CCCCCCCC. The van der Waals surface area contributed by atoms with Crippen LogP contribution >= 0.6 is 0 Å². The number of aromatic nitrogens is 2. The number of unbranched alkanes of at least 4 members (excludes halogenated alkanes) is 24. The number of nitrogens with one attached hydrogen (secondary N) is 2. The van der Waals surface area contributed by atoms with Gasteiger partial charge in [0.05, 0.1) is 25.9 Å². The number of H-pyrrole nitrogens is 1. The van der Waals surface area contributed by atoms with E-state index in [4.69, 9.17) is 18.9 Å². The summed E-state index contributed by atoms with van der Waals surface area (Å²) in [6.07, 6.45) is 39.5. The van der Waals surface area contributed by atoms with Gasteiger partial charge in [-0.2, -0.15) is 0 Å². The second kappa shape index (κ2) is 41.2. The molecule has 376 valence electrons. The third kappa shape index (κ3) is 31.6. The van der Waals surface area contributed by atoms with Crippen LogP contribution in [-0.2, 0) is 33.3 Å². The van der Waals surface area contributed by atoms with Crippen molar-refractivity contribution in [2.45, 2.75) is 257 Å². The molecule has 12 nitrogen and oxygen atoms in total. The predicted molar refractivity (Wildman–Crippen MR) is 262 cm³/mol. The smallest absolute Gasteiger partial charge is 0.323 e. The Morgan fingerprint density at radius 1 is 0.631 bits per heavy atom. The van der Waals surface area contributed by atoms with Gasteiger partial charge in [0, 0.05) is 44.7 Å². The van der Waals surface area contributed by atoms with Gasteiger partial charge in [-0.15, -0.1) is 0 Å². The number of hydrogen-bond acceptors (Lipinski definition) is 10. The van der Waals surface area contributed by atoms with Crippen molar-refractivity contribution in [1.82, 2.24) is 20.2 Å². The third-order valence-electron chi connectivity index (χ3n) is 12.8. The van der Waals surface area contributed by atoms with Crippen LogP contribution in [0.15, 0.2) is 12.4 Å². The second-order valence-corrected chi connectivity index (χ2v) is 18.7. The summed E-state index contributed by atoms with van der Waals surface area (Å²) in [5, 5.41) is 2.81. The highest BCUT2D eigenvalue weighted by atomic mass is 16.5. The molecule has 0 aliphatic carbocycles. The Bertz CT molecular complexity index is 1280. The summed E-state index contributed by atoms with van der Waals surface area (Å²) in [6, 6.07) is -0.393. The number of likely N-dealkylation sites (tertiary alicyclic amines) is 1. The lowest BCUT2D eigenvalue weighted by molar-refractivity contribution is -0.150. The van der Waals surface area contributed by atoms with Crippen LogP contribution in [0, 0.1) is 0 Å². The molecule has 0 bridgehead atoms. The minimum atomic E-state index is -0.393. The standard InChI is InChI=1S/C53H96N4O8/c1-4-7-10-13-16-17-18-23-31-41-63-49(58)35-29-25-30-40-57-45-47(62-43-39-56-52(60)51-54-37-38-55-51)44-48(57)53(61)64-42-32-24-19-22-28-36-50(59)65-46(33-26-20-14-11-8-5-2)34-27-21-15-12-9-6-3/h37-38,46-48H,4-36,39-45H2,1-3H3,(H,54,55)(H,56,60)/t47?,48-/m0/s1. The summed E-state index contributed by atoms with van der Waals surface area (Å²) in [5.41, 5.74) is 0. The summed E-state index contributed by atoms with van der Waals surface area (Å²) < 4.78 is 23.5. The zero-order valence-electron chi connectivity index (χ0n) is 41.8. The number of carbonyl (C=O) groups is 4. The van der Waals surface area contributed by atoms with Gasteiger partial charge >= 0.3 is 17.9 Å². The molecule has 1 aliphatic heterocycles. The van der Waals surface area contributed by atoms with Crippen molar-refractivity contribution >= 4 is 23.8 Å². The molecule has 1 aromatic heterocycles. The van der Waals surface area contributed by atoms with Crippen molar-refractivity contribution in [3.05, 3.63) is 18.2 Å². The molecule has 0 aromatic carbocycles. The van der Waals surface area contributed by atoms with Gasteiger partial charge in [-0.25, -0.2) is 4.98 Å². The van der Waals surface area contributed by atoms with E-state index >= 15 is 0 Å². The molecular weight excluding hydrogens is 821 g/mol. The van der Waals surface area contributed by atoms with Crippen LogP contribution in [-0.4, -0.2) is 96.4 Å². The van der Waals surface area contributed by atoms with E-state index in [9.17, 15) is 19.2 Å². The largest absolute Gasteiger partial charge is 0.466 e. The minimum Gasteiger partial charge on any atom is -0.466 e. The van der Waals surface area contributed by atoms with Crippen molar-refractivity contribution in [1.29, 1.82) is 0 Å². The second-order valence-electron chi connectivity index (χ2n) is 18.7. The van der Waals surface area contributed by atoms with Crippen LogP contribution in [0.4, 0.5) is 0 Å². The summed E-state index contributed by atoms with van der Waals surface area (Å²) in [4.78, 5) is 59.7. The fourth-order valence-electron chi connectivity index (χ4n) is 8.75. The van der Waals surface area contributed by atoms with Crippen LogP contribution in [0.1, 0.15) is 250 Å². The number of aromatic amines is 1. The minimum absolute atomic E-state index is 0.0509. The first-order chi connectivity index (χ1) is 31.9. The van der Waals surface area contributed by atoms with E-state index in [1.54, 1.807) is 6.20 Å². The average molecular weight is 917 g/mol. The number of amides is 1. The van der Waals surface area contributed by atoms with E-state index in [1.165, 1.54) is 115 Å². The number of imidazole rings is 1. The molecule has 1 fully saturated rings. The zero-order chi connectivity index (χ0) is 46.8. The molecule has 2 heterocycles. The van der Waals surface area contributed by atoms with Crippen molar-refractivity contribution in [2.24, 2.45) is 0 Å². The summed E-state index contributed by atoms with van der Waals surface area (Å²) in [6.45, 7) is 9.59. The first-order valence-corrected chi connectivity index (χ1v) is 27.0. The molecule has 0 saturated carbocycles. The Hall–Kier alpha value is -2.99. The molecule has 2 rings (SSSR count). The number of rotatable bonds is 45. The number of esters is 3. The van der Waals surface area contributed by atoms with Crippen LogP contribution in [0.25, 0.3) is 0 Å². The zero-order valence-corrected chi connectivity index (χ0v) is 41.8. The van der Waals surface area contributed by atoms with Crippen molar-refractivity contribution in [3.8, 4) is 0 Å². The van der Waals surface area contributed by atoms with Gasteiger partial charge in [-0.05, 0) is 64.3 Å². The number of nitrogens with zero attached hydrogens (tertiary/aromatic N) is 2. The molecule has 1 unspecified atom stereocenters. The summed E-state index contributed by atoms with van der Waals surface area (Å²) >= 11 is 0. The van der Waals surface area contributed by atoms with E-state index in [2.05, 4.69) is 41.0 Å². The number of ether oxygens (including phenoxy) is 4. The van der Waals surface area contributed by atoms with Crippen molar-refractivity contribution in [2.75, 3.05) is 39.5 Å². The quantitative estimate of drug-likeness (QED) is 0.0368. The van der Waals surface area contributed by atoms with E-state index in [-0.39, 0.29) is 41.8 Å². The lowest BCUT2D eigenvalue weighted by atomic mass is 10.0. The molecule has 1 aromatic rings. The third-order valence-corrected chi connectivity index (χ3v) is 12.8. The molecule has 1 amide bonds. The Kier molecular flexibility index (Phi) is 36.9. The molecule has 2 N–H and O–H groups in total. The van der Waals surface area contributed by atoms with E-state index in [1.807, 2.05) is 0 Å². The van der Waals surface area contributed by atoms with E-state index in [0.29, 0.717) is 58.7 Å². The first kappa shape index (κ1) is 58.1. The number of hydrogen-bond donors (Lipinski definition) is 2. The van der Waals surface area contributed by atoms with Crippen molar-refractivity contribution in [3.63, 3.8) is 0 Å². The fraction of sp³-hybridized carbons (Fsp3) is 0.868. The maximum Gasteiger partial charge on any atom is 0.323 e. The fourth-order valence-corrected chi connectivity index (χ4v) is 8.75. The lowest BCUT2D eigenvalue weighted by Gasteiger charge is -2.22. The molecular formula is C53H96N4O8. The van der Waals surface area contributed by atoms with Gasteiger partial charge in [0.15, 0.2) is 5.82 Å². The molecule has 0 radical (unpaired) electrons. The molecule has 2 atom stereocenters. The molecule has 12 heteroatoms. The van der Waals surface area contributed by atoms with Crippen LogP contribution in [0.3, 0.4) is 0 Å². The molecule has 65 heavy (non-hydrogen) atoms. The summed E-state index contributed by atoms with van der Waals surface area (Å²) in [5.74, 6) is -0.424. The van der Waals surface area contributed by atoms with Gasteiger partial charge in [-0.3, -0.25) is 24.1 Å². The highest BCUT2D eigenvalue weighted by Crippen LogP contribution is 2.23. The topological polar surface area (TPSA) is 149 Å². The normalized spacial score (nSPS) is 15.1. The van der Waals surface area contributed by atoms with Gasteiger partial charge < -0.3 is 29.2 Å². The van der Waals surface area contributed by atoms with E-state index < -0.39 is 6.04 Å². The van der Waals surface area contributed by atoms with E-state index in [0.717, 1.165) is 89.9 Å². The highest BCUT2D eigenvalue weighted by Gasteiger charge is 2.38. The van der Waals surface area contributed by atoms with Crippen LogP contribution in [0.2, 0.25) is 0 Å². The maximum absolute atomic E-state index is 13.4. The van der Waals surface area contributed by atoms with Crippen LogP contribution < -0.4 is 5.32 Å². The first-order valence-electron chi connectivity index (χ1n) is 27.0. The van der Waals surface area contributed by atoms with Gasteiger partial charge in [0.25, 0.3) is 5.91 Å². The average Bonchev–Trinajstić information content (AvgIpc) is 4.00. The molecule has 0 spiro atoms. The molecule has 1 aliphatic rings. The monoisotopic (exact) mass is 917 g/mol. The summed E-state index contributed by atoms with van der Waals surface area (Å²) in [7, 11) is 0. The lowest BCUT2D eigenvalue weighted by Crippen LogP contribution is -2.38. The Morgan fingerprint density at radius 3 is 1.71 bits per heavy atom. The van der Waals surface area contributed by atoms with Gasteiger partial charge in [-0.1, -0.05) is 162 Å². The Balaban J connectivity index is 1.67. The van der Waals surface area contributed by atoms with Gasteiger partial charge in [0.2, 0.25) is 0 Å². The number of carbonyl (C=O) groups excluding carboxylic acids is 4. The van der Waals surface area contributed by atoms with Crippen molar-refractivity contribution < 1.29 is 38.1 Å². The Labute approximate surface area is 396 Å². The predicted octanol–water partition coefficient (Wildman–Crippen LogP) is 12.5.